The maximum absolute atomic E-state index is 4.66. The molecule has 14 heavy (non-hydrogen) atoms. The van der Waals surface area contributed by atoms with E-state index in [0.29, 0.717) is 6.04 Å². The highest BCUT2D eigenvalue weighted by Crippen LogP contribution is 2.25. The number of rotatable bonds is 3. The summed E-state index contributed by atoms with van der Waals surface area (Å²) < 4.78 is 0. The molecule has 0 bridgehead atoms. The summed E-state index contributed by atoms with van der Waals surface area (Å²) in [6.45, 7) is 1.15. The number of aromatic nitrogens is 1. The fourth-order valence-electron chi connectivity index (χ4n) is 1.78. The first kappa shape index (κ1) is 10.5. The van der Waals surface area contributed by atoms with E-state index in [9.17, 15) is 0 Å². The molecule has 2 rings (SSSR count). The maximum Gasteiger partial charge on any atom is 0.103 e. The molecule has 0 aliphatic carbocycles. The fourth-order valence-corrected chi connectivity index (χ4v) is 3.35. The molecule has 1 aromatic heterocycles. The van der Waals surface area contributed by atoms with Gasteiger partial charge < -0.3 is 5.32 Å². The Labute approximate surface area is 93.5 Å². The predicted octanol–water partition coefficient (Wildman–Crippen LogP) is 2.82. The Balaban J connectivity index is 2.00. The number of hydrogen-bond donors (Lipinski definition) is 1. The van der Waals surface area contributed by atoms with Crippen molar-refractivity contribution in [2.45, 2.75) is 31.1 Å². The van der Waals surface area contributed by atoms with Crippen molar-refractivity contribution in [1.29, 1.82) is 0 Å². The molecule has 0 spiro atoms. The highest BCUT2D eigenvalue weighted by atomic mass is 32.2. The Morgan fingerprint density at radius 2 is 2.57 bits per heavy atom. The molecule has 0 aromatic carbocycles. The zero-order valence-electron chi connectivity index (χ0n) is 8.45. The van der Waals surface area contributed by atoms with Crippen molar-refractivity contribution in [1.82, 2.24) is 10.3 Å². The molecule has 1 aliphatic rings. The average Bonchev–Trinajstić information content (AvgIpc) is 2.68. The Hall–Kier alpha value is -0.0600. The molecule has 1 fully saturated rings. The van der Waals surface area contributed by atoms with E-state index in [4.69, 9.17) is 0 Å². The van der Waals surface area contributed by atoms with Gasteiger partial charge in [-0.05, 0) is 25.6 Å². The van der Waals surface area contributed by atoms with Crippen LogP contribution in [0.3, 0.4) is 0 Å². The van der Waals surface area contributed by atoms with Crippen LogP contribution >= 0.6 is 23.1 Å². The molecule has 1 aromatic rings. The molecular weight excluding hydrogens is 212 g/mol. The molecule has 1 saturated heterocycles. The minimum atomic E-state index is 0.524. The van der Waals surface area contributed by atoms with Gasteiger partial charge in [0.05, 0.1) is 11.7 Å². The number of thioether (sulfide) groups is 1. The SMILES string of the molecule is CSCc1nc(C2CCCCN2)cs1. The van der Waals surface area contributed by atoms with E-state index in [1.54, 1.807) is 11.3 Å². The van der Waals surface area contributed by atoms with Gasteiger partial charge in [0.1, 0.15) is 5.01 Å². The molecule has 0 saturated carbocycles. The summed E-state index contributed by atoms with van der Waals surface area (Å²) >= 11 is 3.64. The molecule has 0 amide bonds. The predicted molar refractivity (Wildman–Crippen MR) is 63.9 cm³/mol. The third-order valence-corrected chi connectivity index (χ3v) is 4.12. The first-order valence-electron chi connectivity index (χ1n) is 5.07. The molecule has 4 heteroatoms. The summed E-state index contributed by atoms with van der Waals surface area (Å²) in [7, 11) is 0. The Bertz CT molecular complexity index is 279. The van der Waals surface area contributed by atoms with E-state index in [2.05, 4.69) is 21.9 Å². The van der Waals surface area contributed by atoms with Crippen molar-refractivity contribution >= 4 is 23.1 Å². The quantitative estimate of drug-likeness (QED) is 0.861. The summed E-state index contributed by atoms with van der Waals surface area (Å²) in [4.78, 5) is 4.66. The van der Waals surface area contributed by atoms with E-state index in [1.807, 2.05) is 11.8 Å². The number of nitrogens with zero attached hydrogens (tertiary/aromatic N) is 1. The molecule has 1 aliphatic heterocycles. The van der Waals surface area contributed by atoms with Crippen LogP contribution in [0.1, 0.15) is 36.0 Å². The highest BCUT2D eigenvalue weighted by molar-refractivity contribution is 7.97. The second-order valence-corrected chi connectivity index (χ2v) is 5.41. The third-order valence-electron chi connectivity index (χ3n) is 2.50. The largest absolute Gasteiger partial charge is 0.309 e. The Kier molecular flexibility index (Phi) is 3.84. The molecule has 2 heterocycles. The lowest BCUT2D eigenvalue weighted by atomic mass is 10.0. The summed E-state index contributed by atoms with van der Waals surface area (Å²) in [5.74, 6) is 1.05. The first-order chi connectivity index (χ1) is 6.90. The van der Waals surface area contributed by atoms with Gasteiger partial charge in [-0.3, -0.25) is 0 Å². The van der Waals surface area contributed by atoms with Gasteiger partial charge in [-0.1, -0.05) is 6.42 Å². The smallest absolute Gasteiger partial charge is 0.103 e. The zero-order valence-corrected chi connectivity index (χ0v) is 10.1. The molecule has 1 atom stereocenters. The average molecular weight is 228 g/mol. The van der Waals surface area contributed by atoms with Gasteiger partial charge in [0.15, 0.2) is 0 Å². The summed E-state index contributed by atoms with van der Waals surface area (Å²) in [6.07, 6.45) is 6.04. The van der Waals surface area contributed by atoms with E-state index in [0.717, 1.165) is 12.3 Å². The molecule has 78 valence electrons. The molecule has 1 unspecified atom stereocenters. The van der Waals surface area contributed by atoms with Crippen LogP contribution in [0.2, 0.25) is 0 Å². The van der Waals surface area contributed by atoms with Crippen LogP contribution in [-0.4, -0.2) is 17.8 Å². The van der Waals surface area contributed by atoms with E-state index in [-0.39, 0.29) is 0 Å². The van der Waals surface area contributed by atoms with E-state index < -0.39 is 0 Å². The van der Waals surface area contributed by atoms with Crippen molar-refractivity contribution in [2.75, 3.05) is 12.8 Å². The van der Waals surface area contributed by atoms with Gasteiger partial charge in [-0.25, -0.2) is 4.98 Å². The molecule has 1 N–H and O–H groups in total. The van der Waals surface area contributed by atoms with Crippen LogP contribution in [0, 0.1) is 0 Å². The van der Waals surface area contributed by atoms with Crippen LogP contribution in [0.4, 0.5) is 0 Å². The molecular formula is C10H16N2S2. The minimum absolute atomic E-state index is 0.524. The summed E-state index contributed by atoms with van der Waals surface area (Å²) in [6, 6.07) is 0.524. The number of nitrogens with one attached hydrogen (secondary N) is 1. The van der Waals surface area contributed by atoms with Gasteiger partial charge in [0.2, 0.25) is 0 Å². The van der Waals surface area contributed by atoms with E-state index in [1.165, 1.54) is 30.0 Å². The van der Waals surface area contributed by atoms with Gasteiger partial charge in [0.25, 0.3) is 0 Å². The van der Waals surface area contributed by atoms with Crippen LogP contribution in [0.15, 0.2) is 5.38 Å². The van der Waals surface area contributed by atoms with Crippen molar-refractivity contribution < 1.29 is 0 Å². The number of hydrogen-bond acceptors (Lipinski definition) is 4. The van der Waals surface area contributed by atoms with E-state index >= 15 is 0 Å². The molecule has 2 nitrogen and oxygen atoms in total. The summed E-state index contributed by atoms with van der Waals surface area (Å²) in [5, 5.41) is 7.01. The summed E-state index contributed by atoms with van der Waals surface area (Å²) in [5.41, 5.74) is 1.26. The van der Waals surface area contributed by atoms with Crippen molar-refractivity contribution in [3.63, 3.8) is 0 Å². The zero-order chi connectivity index (χ0) is 9.80. The van der Waals surface area contributed by atoms with Crippen LogP contribution in [0.5, 0.6) is 0 Å². The van der Waals surface area contributed by atoms with Crippen molar-refractivity contribution in [3.8, 4) is 0 Å². The van der Waals surface area contributed by atoms with Gasteiger partial charge in [-0.2, -0.15) is 11.8 Å². The molecule has 0 radical (unpaired) electrons. The number of piperidine rings is 1. The Morgan fingerprint density at radius 3 is 3.29 bits per heavy atom. The Morgan fingerprint density at radius 1 is 1.64 bits per heavy atom. The lowest BCUT2D eigenvalue weighted by Crippen LogP contribution is -2.26. The first-order valence-corrected chi connectivity index (χ1v) is 7.34. The van der Waals surface area contributed by atoms with Gasteiger partial charge >= 0.3 is 0 Å². The number of thiazole rings is 1. The van der Waals surface area contributed by atoms with Crippen LogP contribution < -0.4 is 5.32 Å². The monoisotopic (exact) mass is 228 g/mol. The van der Waals surface area contributed by atoms with Gasteiger partial charge in [0, 0.05) is 11.1 Å². The lowest BCUT2D eigenvalue weighted by Gasteiger charge is -2.21. The lowest BCUT2D eigenvalue weighted by molar-refractivity contribution is 0.406. The third kappa shape index (κ3) is 2.49. The van der Waals surface area contributed by atoms with Crippen molar-refractivity contribution in [3.05, 3.63) is 16.1 Å². The van der Waals surface area contributed by atoms with Crippen LogP contribution in [-0.2, 0) is 5.75 Å². The normalized spacial score (nSPS) is 22.5. The maximum atomic E-state index is 4.66. The topological polar surface area (TPSA) is 24.9 Å². The van der Waals surface area contributed by atoms with Crippen molar-refractivity contribution in [2.24, 2.45) is 0 Å². The van der Waals surface area contributed by atoms with Gasteiger partial charge in [-0.15, -0.1) is 11.3 Å². The second kappa shape index (κ2) is 5.14. The second-order valence-electron chi connectivity index (χ2n) is 3.60. The highest BCUT2D eigenvalue weighted by Gasteiger charge is 2.17. The fraction of sp³-hybridized carbons (Fsp3) is 0.700. The standard InChI is InChI=1S/C10H16N2S2/c1-13-7-10-12-9(6-14-10)8-4-2-3-5-11-8/h6,8,11H,2-5,7H2,1H3. The minimum Gasteiger partial charge on any atom is -0.309 e. The van der Waals surface area contributed by atoms with Crippen LogP contribution in [0.25, 0.3) is 0 Å².